The van der Waals surface area contributed by atoms with Crippen LogP contribution in [0.25, 0.3) is 0 Å². The molecule has 174 valence electrons. The molecule has 3 N–H and O–H groups in total. The van der Waals surface area contributed by atoms with Gasteiger partial charge in [-0.2, -0.15) is 0 Å². The third-order valence-electron chi connectivity index (χ3n) is 4.91. The van der Waals surface area contributed by atoms with Gasteiger partial charge in [0.25, 0.3) is 5.91 Å². The highest BCUT2D eigenvalue weighted by Gasteiger charge is 2.14. The number of aromatic carboxylic acids is 1. The molecular weight excluding hydrogens is 436 g/mol. The number of Topliss-reactive ketones (excluding diaryl/α,β-unsaturated/α-hetero) is 1. The van der Waals surface area contributed by atoms with E-state index >= 15 is 0 Å². The molecule has 8 heteroatoms. The highest BCUT2D eigenvalue weighted by atomic mass is 16.5. The first-order valence-electron chi connectivity index (χ1n) is 10.6. The van der Waals surface area contributed by atoms with Gasteiger partial charge in [-0.1, -0.05) is 12.1 Å². The summed E-state index contributed by atoms with van der Waals surface area (Å²) >= 11 is 0. The predicted molar refractivity (Wildman–Crippen MR) is 128 cm³/mol. The molecule has 0 saturated carbocycles. The van der Waals surface area contributed by atoms with Gasteiger partial charge >= 0.3 is 5.97 Å². The Morgan fingerprint density at radius 1 is 0.824 bits per heavy atom. The first-order chi connectivity index (χ1) is 16.3. The number of hydrogen-bond acceptors (Lipinski definition) is 5. The number of ketones is 1. The van der Waals surface area contributed by atoms with Crippen molar-refractivity contribution in [2.75, 3.05) is 17.2 Å². The second-order valence-corrected chi connectivity index (χ2v) is 7.46. The number of carboxylic acid groups (broad SMARTS) is 1. The van der Waals surface area contributed by atoms with E-state index in [1.54, 1.807) is 48.5 Å². The van der Waals surface area contributed by atoms with E-state index in [-0.39, 0.29) is 29.2 Å². The average Bonchev–Trinajstić information content (AvgIpc) is 2.82. The molecule has 34 heavy (non-hydrogen) atoms. The van der Waals surface area contributed by atoms with Crippen LogP contribution in [-0.4, -0.2) is 35.3 Å². The van der Waals surface area contributed by atoms with Crippen LogP contribution in [0.2, 0.25) is 0 Å². The standard InChI is InChI=1S/C26H24N2O6/c1-17(29)18-10-14-21(15-11-18)34-16-4-7-24(30)28-23-6-3-2-5-22(23)25(31)27-20-12-8-19(9-13-20)26(32)33/h2-3,5-6,8-15H,4,7,16H2,1H3,(H,27,31)(H,28,30)(H,32,33). The van der Waals surface area contributed by atoms with Crippen molar-refractivity contribution in [3.8, 4) is 5.75 Å². The number of para-hydroxylation sites is 1. The van der Waals surface area contributed by atoms with E-state index in [4.69, 9.17) is 9.84 Å². The van der Waals surface area contributed by atoms with Crippen LogP contribution in [0.15, 0.2) is 72.8 Å². The molecule has 0 saturated heterocycles. The largest absolute Gasteiger partial charge is 0.494 e. The van der Waals surface area contributed by atoms with E-state index in [0.29, 0.717) is 35.7 Å². The highest BCUT2D eigenvalue weighted by molar-refractivity contribution is 6.10. The number of carbonyl (C=O) groups excluding carboxylic acids is 3. The monoisotopic (exact) mass is 460 g/mol. The normalized spacial score (nSPS) is 10.3. The van der Waals surface area contributed by atoms with E-state index in [1.165, 1.54) is 31.2 Å². The van der Waals surface area contributed by atoms with Crippen molar-refractivity contribution in [3.05, 3.63) is 89.5 Å². The van der Waals surface area contributed by atoms with Crippen LogP contribution >= 0.6 is 0 Å². The van der Waals surface area contributed by atoms with Crippen molar-refractivity contribution >= 4 is 34.9 Å². The van der Waals surface area contributed by atoms with Gasteiger partial charge in [-0.15, -0.1) is 0 Å². The molecule has 3 aromatic carbocycles. The first-order valence-corrected chi connectivity index (χ1v) is 10.6. The Kier molecular flexibility index (Phi) is 8.12. The van der Waals surface area contributed by atoms with Crippen molar-refractivity contribution in [2.24, 2.45) is 0 Å². The summed E-state index contributed by atoms with van der Waals surface area (Å²) < 4.78 is 5.60. The number of nitrogens with one attached hydrogen (secondary N) is 2. The van der Waals surface area contributed by atoms with Gasteiger partial charge in [-0.05, 0) is 74.0 Å². The Bertz CT molecular complexity index is 1190. The summed E-state index contributed by atoms with van der Waals surface area (Å²) in [6, 6.07) is 19.2. The zero-order chi connectivity index (χ0) is 24.5. The SMILES string of the molecule is CC(=O)c1ccc(OCCCC(=O)Nc2ccccc2C(=O)Nc2ccc(C(=O)O)cc2)cc1. The molecule has 0 bridgehead atoms. The molecule has 3 aromatic rings. The Labute approximate surface area is 196 Å². The number of ether oxygens (including phenoxy) is 1. The second-order valence-electron chi connectivity index (χ2n) is 7.46. The summed E-state index contributed by atoms with van der Waals surface area (Å²) in [6.07, 6.45) is 0.655. The topological polar surface area (TPSA) is 122 Å². The second kappa shape index (κ2) is 11.4. The maximum atomic E-state index is 12.7. The van der Waals surface area contributed by atoms with Gasteiger partial charge in [0.1, 0.15) is 5.75 Å². The summed E-state index contributed by atoms with van der Waals surface area (Å²) in [5, 5.41) is 14.4. The van der Waals surface area contributed by atoms with Gasteiger partial charge in [0, 0.05) is 17.7 Å². The molecule has 0 spiro atoms. The van der Waals surface area contributed by atoms with Crippen LogP contribution in [0.5, 0.6) is 5.75 Å². The molecule has 0 radical (unpaired) electrons. The van der Waals surface area contributed by atoms with Gasteiger partial charge in [0.05, 0.1) is 23.4 Å². The lowest BCUT2D eigenvalue weighted by atomic mass is 10.1. The fourth-order valence-electron chi connectivity index (χ4n) is 3.11. The van der Waals surface area contributed by atoms with Crippen LogP contribution in [-0.2, 0) is 4.79 Å². The van der Waals surface area contributed by atoms with Crippen molar-refractivity contribution in [2.45, 2.75) is 19.8 Å². The predicted octanol–water partition coefficient (Wildman–Crippen LogP) is 4.64. The van der Waals surface area contributed by atoms with Gasteiger partial charge in [0.15, 0.2) is 5.78 Å². The number of benzene rings is 3. The van der Waals surface area contributed by atoms with E-state index in [1.807, 2.05) is 0 Å². The Balaban J connectivity index is 1.51. The minimum atomic E-state index is -1.05. The van der Waals surface area contributed by atoms with Crippen LogP contribution < -0.4 is 15.4 Å². The number of anilines is 2. The maximum absolute atomic E-state index is 12.7. The zero-order valence-corrected chi connectivity index (χ0v) is 18.5. The first kappa shape index (κ1) is 24.2. The number of hydrogen-bond donors (Lipinski definition) is 3. The number of carbonyl (C=O) groups is 4. The Morgan fingerprint density at radius 2 is 1.47 bits per heavy atom. The molecule has 0 aliphatic rings. The smallest absolute Gasteiger partial charge is 0.335 e. The van der Waals surface area contributed by atoms with Gasteiger partial charge in [-0.25, -0.2) is 4.79 Å². The molecule has 0 heterocycles. The van der Waals surface area contributed by atoms with Crippen molar-refractivity contribution in [1.82, 2.24) is 0 Å². The van der Waals surface area contributed by atoms with E-state index < -0.39 is 11.9 Å². The minimum Gasteiger partial charge on any atom is -0.494 e. The van der Waals surface area contributed by atoms with E-state index in [9.17, 15) is 19.2 Å². The van der Waals surface area contributed by atoms with Crippen LogP contribution in [0.4, 0.5) is 11.4 Å². The fourth-order valence-corrected chi connectivity index (χ4v) is 3.11. The lowest BCUT2D eigenvalue weighted by Gasteiger charge is -2.12. The highest BCUT2D eigenvalue weighted by Crippen LogP contribution is 2.19. The molecule has 2 amide bonds. The maximum Gasteiger partial charge on any atom is 0.335 e. The summed E-state index contributed by atoms with van der Waals surface area (Å²) in [5.74, 6) is -1.16. The van der Waals surface area contributed by atoms with Gasteiger partial charge < -0.3 is 20.5 Å². The summed E-state index contributed by atoms with van der Waals surface area (Å²) in [5.41, 5.74) is 1.80. The molecule has 0 aliphatic carbocycles. The van der Waals surface area contributed by atoms with E-state index in [2.05, 4.69) is 10.6 Å². The fraction of sp³-hybridized carbons (Fsp3) is 0.154. The molecule has 0 aromatic heterocycles. The number of amides is 2. The Morgan fingerprint density at radius 3 is 2.12 bits per heavy atom. The van der Waals surface area contributed by atoms with Gasteiger partial charge in [0.2, 0.25) is 5.91 Å². The summed E-state index contributed by atoms with van der Waals surface area (Å²) in [7, 11) is 0. The third-order valence-corrected chi connectivity index (χ3v) is 4.91. The lowest BCUT2D eigenvalue weighted by molar-refractivity contribution is -0.116. The van der Waals surface area contributed by atoms with Crippen LogP contribution in [0.1, 0.15) is 50.8 Å². The van der Waals surface area contributed by atoms with E-state index in [0.717, 1.165) is 0 Å². The lowest BCUT2D eigenvalue weighted by Crippen LogP contribution is -2.18. The molecule has 0 fully saturated rings. The minimum absolute atomic E-state index is 0.0201. The average molecular weight is 460 g/mol. The molecular formula is C26H24N2O6. The summed E-state index contributed by atoms with van der Waals surface area (Å²) in [6.45, 7) is 1.82. The molecule has 0 unspecified atom stereocenters. The number of rotatable bonds is 10. The quantitative estimate of drug-likeness (QED) is 0.299. The van der Waals surface area contributed by atoms with Crippen LogP contribution in [0, 0.1) is 0 Å². The van der Waals surface area contributed by atoms with Crippen molar-refractivity contribution in [1.29, 1.82) is 0 Å². The Hall–Kier alpha value is -4.46. The van der Waals surface area contributed by atoms with Crippen LogP contribution in [0.3, 0.4) is 0 Å². The zero-order valence-electron chi connectivity index (χ0n) is 18.5. The number of carboxylic acids is 1. The van der Waals surface area contributed by atoms with Crippen molar-refractivity contribution in [3.63, 3.8) is 0 Å². The van der Waals surface area contributed by atoms with Gasteiger partial charge in [-0.3, -0.25) is 14.4 Å². The molecule has 0 aliphatic heterocycles. The molecule has 3 rings (SSSR count). The third kappa shape index (κ3) is 6.77. The molecule has 8 nitrogen and oxygen atoms in total. The summed E-state index contributed by atoms with van der Waals surface area (Å²) in [4.78, 5) is 47.3. The molecule has 0 atom stereocenters. The van der Waals surface area contributed by atoms with Crippen molar-refractivity contribution < 1.29 is 29.0 Å².